The number of carbonyl (C=O) groups is 2. The molecule has 2 aromatic heterocycles. The number of hydrogen-bond acceptors (Lipinski definition) is 9. The molecule has 0 aliphatic carbocycles. The SMILES string of the molecule is Cc1sc2ncnc(N3CCC(C(=O)O[C@@H](C)C(=O)N[C@H]4CCS(=O)(=O)C4)CC3)c2c1C. The van der Waals surface area contributed by atoms with E-state index >= 15 is 0 Å². The molecule has 2 aromatic rings. The van der Waals surface area contributed by atoms with Gasteiger partial charge in [0.05, 0.1) is 22.8 Å². The number of rotatable bonds is 5. The zero-order valence-corrected chi connectivity index (χ0v) is 20.1. The molecule has 0 saturated carbocycles. The number of fused-ring (bicyclic) bond motifs is 1. The normalized spacial score (nSPS) is 22.1. The van der Waals surface area contributed by atoms with Crippen LogP contribution in [-0.2, 0) is 24.2 Å². The molecule has 1 N–H and O–H groups in total. The number of piperidine rings is 1. The summed E-state index contributed by atoms with van der Waals surface area (Å²) in [5, 5.41) is 3.76. The number of carbonyl (C=O) groups excluding carboxylic acids is 2. The van der Waals surface area contributed by atoms with E-state index in [1.165, 1.54) is 17.4 Å². The van der Waals surface area contributed by atoms with Crippen molar-refractivity contribution >= 4 is 49.1 Å². The zero-order valence-electron chi connectivity index (χ0n) is 18.5. The topological polar surface area (TPSA) is 119 Å². The fourth-order valence-electron chi connectivity index (χ4n) is 4.28. The highest BCUT2D eigenvalue weighted by Gasteiger charge is 2.33. The average molecular weight is 481 g/mol. The minimum atomic E-state index is -3.09. The second-order valence-electron chi connectivity index (χ2n) is 8.61. The van der Waals surface area contributed by atoms with Crippen LogP contribution in [0.4, 0.5) is 5.82 Å². The summed E-state index contributed by atoms with van der Waals surface area (Å²) >= 11 is 1.66. The number of nitrogens with zero attached hydrogens (tertiary/aromatic N) is 3. The Labute approximate surface area is 191 Å². The molecule has 9 nitrogen and oxygen atoms in total. The third-order valence-corrected chi connectivity index (χ3v) is 9.20. The molecule has 174 valence electrons. The van der Waals surface area contributed by atoms with E-state index in [0.29, 0.717) is 32.4 Å². The number of sulfone groups is 1. The van der Waals surface area contributed by atoms with Gasteiger partial charge >= 0.3 is 5.97 Å². The lowest BCUT2D eigenvalue weighted by molar-refractivity contribution is -0.159. The Morgan fingerprint density at radius 3 is 2.59 bits per heavy atom. The van der Waals surface area contributed by atoms with E-state index in [4.69, 9.17) is 4.74 Å². The van der Waals surface area contributed by atoms with Crippen LogP contribution in [0.3, 0.4) is 0 Å². The van der Waals surface area contributed by atoms with Crippen LogP contribution in [0.2, 0.25) is 0 Å². The van der Waals surface area contributed by atoms with Gasteiger partial charge in [-0.25, -0.2) is 18.4 Å². The second-order valence-corrected chi connectivity index (χ2v) is 12.0. The van der Waals surface area contributed by atoms with Gasteiger partial charge in [-0.3, -0.25) is 9.59 Å². The first-order valence-electron chi connectivity index (χ1n) is 10.8. The minimum absolute atomic E-state index is 0.0582. The van der Waals surface area contributed by atoms with E-state index in [2.05, 4.69) is 34.0 Å². The van der Waals surface area contributed by atoms with Gasteiger partial charge in [0.15, 0.2) is 15.9 Å². The number of ether oxygens (including phenoxy) is 1. The first kappa shape index (κ1) is 22.9. The largest absolute Gasteiger partial charge is 0.452 e. The quantitative estimate of drug-likeness (QED) is 0.643. The molecule has 2 aliphatic heterocycles. The predicted molar refractivity (Wildman–Crippen MR) is 123 cm³/mol. The van der Waals surface area contributed by atoms with Crippen LogP contribution >= 0.6 is 11.3 Å². The van der Waals surface area contributed by atoms with Crippen LogP contribution < -0.4 is 10.2 Å². The van der Waals surface area contributed by atoms with Gasteiger partial charge in [-0.15, -0.1) is 11.3 Å². The molecule has 4 heterocycles. The van der Waals surface area contributed by atoms with Gasteiger partial charge in [0, 0.05) is 24.0 Å². The molecule has 2 fully saturated rings. The van der Waals surface area contributed by atoms with Gasteiger partial charge in [-0.1, -0.05) is 0 Å². The van der Waals surface area contributed by atoms with Crippen LogP contribution in [0.15, 0.2) is 6.33 Å². The molecule has 11 heteroatoms. The van der Waals surface area contributed by atoms with Crippen molar-refractivity contribution in [3.05, 3.63) is 16.8 Å². The lowest BCUT2D eigenvalue weighted by atomic mass is 9.96. The highest BCUT2D eigenvalue weighted by atomic mass is 32.2. The van der Waals surface area contributed by atoms with Gasteiger partial charge in [-0.05, 0) is 45.6 Å². The van der Waals surface area contributed by atoms with Crippen molar-refractivity contribution in [2.45, 2.75) is 52.2 Å². The maximum absolute atomic E-state index is 12.6. The Kier molecular flexibility index (Phi) is 6.39. The number of hydrogen-bond donors (Lipinski definition) is 1. The monoisotopic (exact) mass is 480 g/mol. The molecule has 32 heavy (non-hydrogen) atoms. The Balaban J connectivity index is 1.31. The van der Waals surface area contributed by atoms with E-state index in [1.54, 1.807) is 17.7 Å². The summed E-state index contributed by atoms with van der Waals surface area (Å²) in [6, 6.07) is -0.411. The lowest BCUT2D eigenvalue weighted by Crippen LogP contribution is -2.44. The van der Waals surface area contributed by atoms with Gasteiger partial charge in [0.25, 0.3) is 5.91 Å². The zero-order chi connectivity index (χ0) is 23.0. The first-order chi connectivity index (χ1) is 15.1. The highest BCUT2D eigenvalue weighted by molar-refractivity contribution is 7.91. The molecule has 0 radical (unpaired) electrons. The first-order valence-corrected chi connectivity index (χ1v) is 13.5. The number of amides is 1. The summed E-state index contributed by atoms with van der Waals surface area (Å²) in [6.07, 6.45) is 2.25. The van der Waals surface area contributed by atoms with Crippen LogP contribution in [-0.4, -0.2) is 67.0 Å². The third-order valence-electron chi connectivity index (χ3n) is 6.31. The summed E-state index contributed by atoms with van der Waals surface area (Å²) in [4.78, 5) is 38.2. The maximum Gasteiger partial charge on any atom is 0.309 e. The Morgan fingerprint density at radius 1 is 1.22 bits per heavy atom. The molecule has 2 saturated heterocycles. The summed E-state index contributed by atoms with van der Waals surface area (Å²) in [5.41, 5.74) is 1.19. The molecule has 0 bridgehead atoms. The maximum atomic E-state index is 12.6. The summed E-state index contributed by atoms with van der Waals surface area (Å²) < 4.78 is 28.5. The number of nitrogens with one attached hydrogen (secondary N) is 1. The molecule has 2 atom stereocenters. The molecule has 2 aliphatic rings. The third kappa shape index (κ3) is 4.73. The fraction of sp³-hybridized carbons (Fsp3) is 0.619. The average Bonchev–Trinajstić information content (AvgIpc) is 3.25. The lowest BCUT2D eigenvalue weighted by Gasteiger charge is -2.32. The van der Waals surface area contributed by atoms with Crippen LogP contribution in [0.5, 0.6) is 0 Å². The molecule has 4 rings (SSSR count). The van der Waals surface area contributed by atoms with E-state index < -0.39 is 27.9 Å². The standard InChI is InChI=1S/C21H28N4O5S2/c1-12-14(3)31-20-17(12)18(22-11-23-20)25-7-4-15(5-8-25)21(27)30-13(2)19(26)24-16-6-9-32(28,29)10-16/h11,13,15-16H,4-10H2,1-3H3,(H,24,26)/t13-,16-/m0/s1. The Morgan fingerprint density at radius 2 is 1.94 bits per heavy atom. The van der Waals surface area contributed by atoms with Crippen molar-refractivity contribution in [2.75, 3.05) is 29.5 Å². The number of thiophene rings is 1. The van der Waals surface area contributed by atoms with Crippen LogP contribution in [0.1, 0.15) is 36.6 Å². The van der Waals surface area contributed by atoms with Crippen molar-refractivity contribution in [3.8, 4) is 0 Å². The predicted octanol–water partition coefficient (Wildman–Crippen LogP) is 1.76. The van der Waals surface area contributed by atoms with Gasteiger partial charge < -0.3 is 15.0 Å². The number of aryl methyl sites for hydroxylation is 2. The van der Waals surface area contributed by atoms with E-state index in [9.17, 15) is 18.0 Å². The highest BCUT2D eigenvalue weighted by Crippen LogP contribution is 2.35. The number of aromatic nitrogens is 2. The smallest absolute Gasteiger partial charge is 0.309 e. The molecule has 0 aromatic carbocycles. The number of anilines is 1. The van der Waals surface area contributed by atoms with Gasteiger partial charge in [-0.2, -0.15) is 0 Å². The van der Waals surface area contributed by atoms with Crippen LogP contribution in [0.25, 0.3) is 10.2 Å². The van der Waals surface area contributed by atoms with Crippen LogP contribution in [0, 0.1) is 19.8 Å². The van der Waals surface area contributed by atoms with E-state index in [-0.39, 0.29) is 23.4 Å². The van der Waals surface area contributed by atoms with E-state index in [0.717, 1.165) is 16.0 Å². The second kappa shape index (κ2) is 8.93. The van der Waals surface area contributed by atoms with Crippen molar-refractivity contribution < 1.29 is 22.7 Å². The minimum Gasteiger partial charge on any atom is -0.452 e. The van der Waals surface area contributed by atoms with Crippen molar-refractivity contribution in [1.82, 2.24) is 15.3 Å². The molecular weight excluding hydrogens is 452 g/mol. The van der Waals surface area contributed by atoms with Crippen molar-refractivity contribution in [1.29, 1.82) is 0 Å². The van der Waals surface area contributed by atoms with Gasteiger partial charge in [0.2, 0.25) is 0 Å². The Hall–Kier alpha value is -2.27. The molecule has 0 spiro atoms. The van der Waals surface area contributed by atoms with Gasteiger partial charge in [0.1, 0.15) is 17.0 Å². The number of esters is 1. The summed E-state index contributed by atoms with van der Waals surface area (Å²) in [7, 11) is -3.09. The van der Waals surface area contributed by atoms with E-state index in [1.807, 2.05) is 0 Å². The summed E-state index contributed by atoms with van der Waals surface area (Å²) in [5.74, 6) is -0.198. The van der Waals surface area contributed by atoms with Crippen molar-refractivity contribution in [2.24, 2.45) is 5.92 Å². The molecule has 1 amide bonds. The van der Waals surface area contributed by atoms with Crippen molar-refractivity contribution in [3.63, 3.8) is 0 Å². The fourth-order valence-corrected chi connectivity index (χ4v) is 6.95. The Bertz CT molecular complexity index is 1140. The molecule has 0 unspecified atom stereocenters. The summed E-state index contributed by atoms with van der Waals surface area (Å²) in [6.45, 7) is 7.02. The molecular formula is C21H28N4O5S2.